The molecule has 7 heteroatoms. The van der Waals surface area contributed by atoms with E-state index in [4.69, 9.17) is 9.26 Å². The minimum atomic E-state index is -0.343. The molecular weight excluding hydrogens is 356 g/mol. The van der Waals surface area contributed by atoms with Gasteiger partial charge in [-0.15, -0.1) is 0 Å². The molecule has 0 N–H and O–H groups in total. The lowest BCUT2D eigenvalue weighted by Crippen LogP contribution is -2.04. The van der Waals surface area contributed by atoms with E-state index in [9.17, 15) is 4.79 Å². The molecule has 0 amide bonds. The molecule has 0 spiro atoms. The molecule has 0 aliphatic rings. The molecule has 0 aliphatic heterocycles. The van der Waals surface area contributed by atoms with Gasteiger partial charge < -0.3 is 13.8 Å². The van der Waals surface area contributed by atoms with Crippen molar-refractivity contribution in [3.63, 3.8) is 0 Å². The van der Waals surface area contributed by atoms with Crippen LogP contribution in [0.1, 0.15) is 33.2 Å². The van der Waals surface area contributed by atoms with Gasteiger partial charge in [0.15, 0.2) is 5.65 Å². The van der Waals surface area contributed by atoms with Crippen LogP contribution >= 0.6 is 0 Å². The molecule has 0 bridgehead atoms. The van der Waals surface area contributed by atoms with Gasteiger partial charge in [-0.3, -0.25) is 0 Å². The van der Waals surface area contributed by atoms with Crippen molar-refractivity contribution in [3.8, 4) is 11.1 Å². The summed E-state index contributed by atoms with van der Waals surface area (Å²) in [5, 5.41) is 4.03. The van der Waals surface area contributed by atoms with E-state index in [0.717, 1.165) is 39.5 Å². The fourth-order valence-corrected chi connectivity index (χ4v) is 3.40. The summed E-state index contributed by atoms with van der Waals surface area (Å²) in [5.74, 6) is 1.29. The summed E-state index contributed by atoms with van der Waals surface area (Å²) in [6.45, 7) is 6.39. The van der Waals surface area contributed by atoms with Gasteiger partial charge in [0.05, 0.1) is 23.9 Å². The molecule has 0 saturated carbocycles. The van der Waals surface area contributed by atoms with E-state index < -0.39 is 0 Å². The number of hydrogen-bond acceptors (Lipinski definition) is 6. The number of ether oxygens (including phenoxy) is 1. The minimum absolute atomic E-state index is 0.343. The van der Waals surface area contributed by atoms with Gasteiger partial charge in [-0.25, -0.2) is 14.8 Å². The predicted molar refractivity (Wildman–Crippen MR) is 104 cm³/mol. The molecule has 3 aromatic heterocycles. The van der Waals surface area contributed by atoms with Gasteiger partial charge in [-0.05, 0) is 44.5 Å². The molecule has 4 rings (SSSR count). The summed E-state index contributed by atoms with van der Waals surface area (Å²) in [4.78, 5) is 20.7. The number of methoxy groups -OCH3 is 1. The summed E-state index contributed by atoms with van der Waals surface area (Å²) in [6, 6.07) is 9.44. The van der Waals surface area contributed by atoms with Crippen LogP contribution in [-0.2, 0) is 11.3 Å². The first-order valence-electron chi connectivity index (χ1n) is 8.91. The van der Waals surface area contributed by atoms with Gasteiger partial charge in [0.25, 0.3) is 0 Å². The Morgan fingerprint density at radius 1 is 1.18 bits per heavy atom. The molecule has 4 aromatic rings. The van der Waals surface area contributed by atoms with Crippen molar-refractivity contribution in [2.45, 2.75) is 27.3 Å². The molecule has 0 aliphatic carbocycles. The highest BCUT2D eigenvalue weighted by Gasteiger charge is 2.16. The van der Waals surface area contributed by atoms with E-state index >= 15 is 0 Å². The number of hydrogen-bond donors (Lipinski definition) is 0. The van der Waals surface area contributed by atoms with Crippen molar-refractivity contribution in [1.82, 2.24) is 19.7 Å². The second-order valence-corrected chi connectivity index (χ2v) is 6.70. The van der Waals surface area contributed by atoms with E-state index in [2.05, 4.69) is 25.8 Å². The van der Waals surface area contributed by atoms with E-state index in [1.54, 1.807) is 18.3 Å². The van der Waals surface area contributed by atoms with Gasteiger partial charge in [0.1, 0.15) is 11.6 Å². The Labute approximate surface area is 162 Å². The second kappa shape index (κ2) is 6.92. The third-order valence-electron chi connectivity index (χ3n) is 4.83. The number of rotatable bonds is 4. The normalized spacial score (nSPS) is 11.1. The molecule has 7 nitrogen and oxygen atoms in total. The highest BCUT2D eigenvalue weighted by Crippen LogP contribution is 2.29. The third-order valence-corrected chi connectivity index (χ3v) is 4.83. The highest BCUT2D eigenvalue weighted by atomic mass is 16.5. The quantitative estimate of drug-likeness (QED) is 0.503. The predicted octanol–water partition coefficient (Wildman–Crippen LogP) is 3.85. The SMILES string of the molecule is COC(=O)c1ccc(Cn2c(C)nc3ncc(-c4c(C)noc4C)cc32)cc1. The second-order valence-electron chi connectivity index (χ2n) is 6.70. The lowest BCUT2D eigenvalue weighted by atomic mass is 10.1. The zero-order valence-electron chi connectivity index (χ0n) is 16.2. The molecule has 0 unspecified atom stereocenters. The summed E-state index contributed by atoms with van der Waals surface area (Å²) >= 11 is 0. The number of pyridine rings is 1. The van der Waals surface area contributed by atoms with Gasteiger partial charge in [-0.1, -0.05) is 17.3 Å². The van der Waals surface area contributed by atoms with Gasteiger partial charge >= 0.3 is 5.97 Å². The Kier molecular flexibility index (Phi) is 4.43. The molecule has 0 radical (unpaired) electrons. The summed E-state index contributed by atoms with van der Waals surface area (Å²) in [6.07, 6.45) is 1.80. The number of aromatic nitrogens is 4. The smallest absolute Gasteiger partial charge is 0.337 e. The fourth-order valence-electron chi connectivity index (χ4n) is 3.40. The number of benzene rings is 1. The van der Waals surface area contributed by atoms with Crippen LogP contribution in [0, 0.1) is 20.8 Å². The molecular formula is C21H20N4O3. The number of nitrogens with zero attached hydrogens (tertiary/aromatic N) is 4. The van der Waals surface area contributed by atoms with Gasteiger partial charge in [-0.2, -0.15) is 0 Å². The lowest BCUT2D eigenvalue weighted by molar-refractivity contribution is 0.0600. The van der Waals surface area contributed by atoms with E-state index in [0.29, 0.717) is 17.8 Å². The van der Waals surface area contributed by atoms with Crippen LogP contribution in [0.2, 0.25) is 0 Å². The van der Waals surface area contributed by atoms with Crippen molar-refractivity contribution < 1.29 is 14.1 Å². The summed E-state index contributed by atoms with van der Waals surface area (Å²) in [7, 11) is 1.38. The van der Waals surface area contributed by atoms with Crippen LogP contribution in [0.5, 0.6) is 0 Å². The summed E-state index contributed by atoms with van der Waals surface area (Å²) < 4.78 is 12.2. The monoisotopic (exact) mass is 376 g/mol. The number of fused-ring (bicyclic) bond motifs is 1. The van der Waals surface area contributed by atoms with Gasteiger partial charge in [0.2, 0.25) is 0 Å². The summed E-state index contributed by atoms with van der Waals surface area (Å²) in [5.41, 5.74) is 5.96. The van der Waals surface area contributed by atoms with E-state index in [-0.39, 0.29) is 5.97 Å². The van der Waals surface area contributed by atoms with Crippen LogP contribution in [0.3, 0.4) is 0 Å². The van der Waals surface area contributed by atoms with Crippen LogP contribution in [0.4, 0.5) is 0 Å². The lowest BCUT2D eigenvalue weighted by Gasteiger charge is -2.09. The first kappa shape index (κ1) is 17.9. The maximum Gasteiger partial charge on any atom is 0.337 e. The number of aryl methyl sites for hydroxylation is 3. The standard InChI is InChI=1S/C21H20N4O3/c1-12-19(13(2)28-24-12)17-9-18-20(22-10-17)23-14(3)25(18)11-15-5-7-16(8-6-15)21(26)27-4/h5-10H,11H2,1-4H3. The van der Waals surface area contributed by atoms with Crippen LogP contribution < -0.4 is 0 Å². The number of esters is 1. The first-order chi connectivity index (χ1) is 13.5. The Hall–Kier alpha value is -3.48. The molecule has 0 saturated heterocycles. The van der Waals surface area contributed by atoms with Crippen LogP contribution in [0.15, 0.2) is 41.1 Å². The third kappa shape index (κ3) is 3.05. The molecule has 0 fully saturated rings. The fraction of sp³-hybridized carbons (Fsp3) is 0.238. The maximum absolute atomic E-state index is 11.6. The molecule has 28 heavy (non-hydrogen) atoms. The van der Waals surface area contributed by atoms with Crippen molar-refractivity contribution in [2.75, 3.05) is 7.11 Å². The Bertz CT molecular complexity index is 1150. The Morgan fingerprint density at radius 3 is 2.57 bits per heavy atom. The average molecular weight is 376 g/mol. The molecule has 3 heterocycles. The molecule has 142 valence electrons. The zero-order chi connectivity index (χ0) is 19.8. The Morgan fingerprint density at radius 2 is 1.93 bits per heavy atom. The van der Waals surface area contributed by atoms with E-state index in [1.165, 1.54) is 7.11 Å². The first-order valence-corrected chi connectivity index (χ1v) is 8.91. The van der Waals surface area contributed by atoms with Crippen molar-refractivity contribution >= 4 is 17.1 Å². The molecule has 0 atom stereocenters. The van der Waals surface area contributed by atoms with Crippen molar-refractivity contribution in [1.29, 1.82) is 0 Å². The highest BCUT2D eigenvalue weighted by molar-refractivity contribution is 5.89. The number of carbonyl (C=O) groups is 1. The van der Waals surface area contributed by atoms with Gasteiger partial charge in [0, 0.05) is 23.9 Å². The largest absolute Gasteiger partial charge is 0.465 e. The molecule has 1 aromatic carbocycles. The van der Waals surface area contributed by atoms with Crippen LogP contribution in [-0.4, -0.2) is 32.8 Å². The maximum atomic E-state index is 11.6. The number of carbonyl (C=O) groups excluding carboxylic acids is 1. The van der Waals surface area contributed by atoms with Crippen LogP contribution in [0.25, 0.3) is 22.3 Å². The number of imidazole rings is 1. The van der Waals surface area contributed by atoms with E-state index in [1.807, 2.05) is 32.9 Å². The van der Waals surface area contributed by atoms with Crippen molar-refractivity contribution in [3.05, 3.63) is 64.9 Å². The average Bonchev–Trinajstić information content (AvgIpc) is 3.20. The zero-order valence-corrected chi connectivity index (χ0v) is 16.2. The minimum Gasteiger partial charge on any atom is -0.465 e. The Balaban J connectivity index is 1.73. The van der Waals surface area contributed by atoms with Crippen molar-refractivity contribution in [2.24, 2.45) is 0 Å². The topological polar surface area (TPSA) is 83.0 Å².